The fraction of sp³-hybridized carbons (Fsp3) is 0.571. The molecule has 0 bridgehead atoms. The molecule has 0 saturated heterocycles. The Kier molecular flexibility index (Phi) is 9.82. The van der Waals surface area contributed by atoms with Gasteiger partial charge >= 0.3 is 0 Å². The van der Waals surface area contributed by atoms with Crippen LogP contribution in [0.15, 0.2) is 32.9 Å². The van der Waals surface area contributed by atoms with Gasteiger partial charge in [-0.05, 0) is 42.7 Å². The number of benzene rings is 1. The lowest BCUT2D eigenvalue weighted by Gasteiger charge is -2.14. The summed E-state index contributed by atoms with van der Waals surface area (Å²) in [5, 5.41) is 11.5. The summed E-state index contributed by atoms with van der Waals surface area (Å²) in [6, 6.07) is 8.98. The highest BCUT2D eigenvalue weighted by atomic mass is 32.2. The number of aromatic nitrogens is 2. The van der Waals surface area contributed by atoms with Crippen molar-refractivity contribution in [1.82, 2.24) is 15.5 Å². The first kappa shape index (κ1) is 23.2. The number of hydrogen-bond donors (Lipinski definition) is 1. The zero-order valence-corrected chi connectivity index (χ0v) is 19.8. The molecule has 2 aromatic rings. The van der Waals surface area contributed by atoms with Crippen LogP contribution in [0.2, 0.25) is 0 Å². The minimum absolute atomic E-state index is 0.0656. The van der Waals surface area contributed by atoms with E-state index < -0.39 is 0 Å². The topological polar surface area (TPSA) is 54.9 Å². The van der Waals surface area contributed by atoms with Gasteiger partial charge in [-0.1, -0.05) is 86.8 Å². The van der Waals surface area contributed by atoms with Crippen LogP contribution < -0.4 is 5.32 Å². The van der Waals surface area contributed by atoms with Gasteiger partial charge in [-0.3, -0.25) is 4.79 Å². The van der Waals surface area contributed by atoms with E-state index >= 15 is 0 Å². The van der Waals surface area contributed by atoms with Gasteiger partial charge in [0.05, 0.1) is 5.75 Å². The summed E-state index contributed by atoms with van der Waals surface area (Å²) in [6.45, 7) is 10.9. The Morgan fingerprint density at radius 1 is 1.00 bits per heavy atom. The van der Waals surface area contributed by atoms with Crippen LogP contribution in [-0.2, 0) is 10.5 Å². The number of carbonyl (C=O) groups excluding carboxylic acids is 1. The lowest BCUT2D eigenvalue weighted by atomic mass is 10.0. The van der Waals surface area contributed by atoms with Gasteiger partial charge in [-0.25, -0.2) is 0 Å². The van der Waals surface area contributed by atoms with Gasteiger partial charge in [-0.15, -0.1) is 10.2 Å². The van der Waals surface area contributed by atoms with Crippen molar-refractivity contribution < 1.29 is 4.79 Å². The molecule has 1 unspecified atom stereocenters. The van der Waals surface area contributed by atoms with Gasteiger partial charge in [0.2, 0.25) is 5.91 Å². The van der Waals surface area contributed by atoms with Gasteiger partial charge in [-0.2, -0.15) is 0 Å². The molecule has 0 aliphatic rings. The van der Waals surface area contributed by atoms with Crippen LogP contribution in [0.1, 0.15) is 64.5 Å². The quantitative estimate of drug-likeness (QED) is 0.438. The highest BCUT2D eigenvalue weighted by molar-refractivity contribution is 8.03. The first-order chi connectivity index (χ1) is 13.3. The molecular weight excluding hydrogens is 406 g/mol. The van der Waals surface area contributed by atoms with Crippen LogP contribution in [0.3, 0.4) is 0 Å². The molecule has 0 saturated carbocycles. The molecule has 0 spiro atoms. The monoisotopic (exact) mass is 437 g/mol. The Bertz CT molecular complexity index is 729. The van der Waals surface area contributed by atoms with Crippen molar-refractivity contribution in [3.63, 3.8) is 0 Å². The molecule has 0 aliphatic carbocycles. The van der Waals surface area contributed by atoms with Crippen LogP contribution in [0.4, 0.5) is 0 Å². The highest BCUT2D eigenvalue weighted by Crippen LogP contribution is 2.31. The summed E-state index contributed by atoms with van der Waals surface area (Å²) in [5.74, 6) is 2.56. The second-order valence-corrected chi connectivity index (χ2v) is 11.2. The Hall–Kier alpha value is -1.05. The number of rotatable bonds is 11. The third-order valence-electron chi connectivity index (χ3n) is 4.31. The normalized spacial score (nSPS) is 12.5. The molecule has 0 aliphatic heterocycles. The zero-order chi connectivity index (χ0) is 20.5. The number of nitrogens with zero attached hydrogens (tertiary/aromatic N) is 2. The average Bonchev–Trinajstić information content (AvgIpc) is 3.11. The summed E-state index contributed by atoms with van der Waals surface area (Å²) in [4.78, 5) is 12.1. The van der Waals surface area contributed by atoms with E-state index in [1.54, 1.807) is 23.1 Å². The van der Waals surface area contributed by atoms with Crippen LogP contribution in [0.25, 0.3) is 0 Å². The molecule has 0 radical (unpaired) electrons. The van der Waals surface area contributed by atoms with Gasteiger partial charge in [0.25, 0.3) is 0 Å². The Morgan fingerprint density at radius 3 is 2.25 bits per heavy atom. The average molecular weight is 438 g/mol. The maximum atomic E-state index is 12.1. The number of carbonyl (C=O) groups is 1. The lowest BCUT2D eigenvalue weighted by Crippen LogP contribution is -2.33. The second kappa shape index (κ2) is 11.8. The van der Waals surface area contributed by atoms with Crippen LogP contribution in [-0.4, -0.2) is 27.9 Å². The molecule has 2 rings (SSSR count). The molecule has 154 valence electrons. The van der Waals surface area contributed by atoms with Crippen LogP contribution >= 0.6 is 34.9 Å². The Balaban J connectivity index is 1.72. The minimum Gasteiger partial charge on any atom is -0.353 e. The molecule has 1 heterocycles. The molecule has 1 aromatic carbocycles. The van der Waals surface area contributed by atoms with Crippen molar-refractivity contribution in [3.8, 4) is 0 Å². The molecule has 1 amide bonds. The van der Waals surface area contributed by atoms with Gasteiger partial charge in [0.15, 0.2) is 8.68 Å². The largest absolute Gasteiger partial charge is 0.353 e. The molecule has 7 heteroatoms. The summed E-state index contributed by atoms with van der Waals surface area (Å²) in [5.41, 5.74) is 2.65. The third kappa shape index (κ3) is 8.53. The van der Waals surface area contributed by atoms with Crippen LogP contribution in [0, 0.1) is 5.92 Å². The van der Waals surface area contributed by atoms with Gasteiger partial charge in [0.1, 0.15) is 0 Å². The molecule has 1 aromatic heterocycles. The molecule has 1 N–H and O–H groups in total. The Labute approximate surface area is 181 Å². The van der Waals surface area contributed by atoms with E-state index in [2.05, 4.69) is 74.4 Å². The predicted molar refractivity (Wildman–Crippen MR) is 122 cm³/mol. The first-order valence-electron chi connectivity index (χ1n) is 9.80. The maximum absolute atomic E-state index is 12.1. The minimum atomic E-state index is 0.0656. The predicted octanol–water partition coefficient (Wildman–Crippen LogP) is 5.99. The van der Waals surface area contributed by atoms with Gasteiger partial charge < -0.3 is 5.32 Å². The van der Waals surface area contributed by atoms with Crippen molar-refractivity contribution in [3.05, 3.63) is 35.4 Å². The van der Waals surface area contributed by atoms with Crippen molar-refractivity contribution in [1.29, 1.82) is 0 Å². The smallest absolute Gasteiger partial charge is 0.230 e. The summed E-state index contributed by atoms with van der Waals surface area (Å²) < 4.78 is 1.80. The Morgan fingerprint density at radius 2 is 1.64 bits per heavy atom. The number of hydrogen-bond acceptors (Lipinski definition) is 6. The SMILES string of the molecule is CC(C)CCC(C)NC(=O)CSc1nnc(SCc2ccc(C(C)C)cc2)s1. The number of amides is 1. The van der Waals surface area contributed by atoms with Crippen molar-refractivity contribution in [2.24, 2.45) is 5.92 Å². The van der Waals surface area contributed by atoms with E-state index in [-0.39, 0.29) is 11.9 Å². The maximum Gasteiger partial charge on any atom is 0.230 e. The van der Waals surface area contributed by atoms with E-state index in [9.17, 15) is 4.79 Å². The van der Waals surface area contributed by atoms with Crippen molar-refractivity contribution in [2.75, 3.05) is 5.75 Å². The van der Waals surface area contributed by atoms with E-state index in [0.29, 0.717) is 17.6 Å². The highest BCUT2D eigenvalue weighted by Gasteiger charge is 2.11. The second-order valence-electron chi connectivity index (χ2n) is 7.75. The molecule has 1 atom stereocenters. The molecular formula is C21H31N3OS3. The van der Waals surface area contributed by atoms with Crippen molar-refractivity contribution >= 4 is 40.8 Å². The summed E-state index contributed by atoms with van der Waals surface area (Å²) in [6.07, 6.45) is 2.15. The molecule has 28 heavy (non-hydrogen) atoms. The van der Waals surface area contributed by atoms with Gasteiger partial charge in [0, 0.05) is 11.8 Å². The van der Waals surface area contributed by atoms with E-state index in [0.717, 1.165) is 27.3 Å². The summed E-state index contributed by atoms with van der Waals surface area (Å²) in [7, 11) is 0. The van der Waals surface area contributed by atoms with E-state index in [4.69, 9.17) is 0 Å². The van der Waals surface area contributed by atoms with E-state index in [1.807, 2.05) is 0 Å². The molecule has 4 nitrogen and oxygen atoms in total. The zero-order valence-electron chi connectivity index (χ0n) is 17.4. The number of nitrogens with one attached hydrogen (secondary N) is 1. The standard InChI is InChI=1S/C21H31N3OS3/c1-14(2)6-7-16(5)22-19(25)13-27-21-24-23-20(28-21)26-12-17-8-10-18(11-9-17)15(3)4/h8-11,14-16H,6-7,12-13H2,1-5H3,(H,22,25). The first-order valence-corrected chi connectivity index (χ1v) is 12.6. The lowest BCUT2D eigenvalue weighted by molar-refractivity contribution is -0.119. The third-order valence-corrected chi connectivity index (χ3v) is 7.57. The fourth-order valence-electron chi connectivity index (χ4n) is 2.56. The number of thioether (sulfide) groups is 2. The summed E-state index contributed by atoms with van der Waals surface area (Å²) >= 11 is 4.71. The molecule has 0 fully saturated rings. The van der Waals surface area contributed by atoms with Crippen LogP contribution in [0.5, 0.6) is 0 Å². The van der Waals surface area contributed by atoms with E-state index in [1.165, 1.54) is 22.9 Å². The van der Waals surface area contributed by atoms with Crippen molar-refractivity contribution in [2.45, 2.75) is 73.9 Å². The fourth-order valence-corrected chi connectivity index (χ4v) is 5.34.